The SMILES string of the molecule is CCCOc1ccc(C(=O)N/N=C/c2ccc(OC(C)C)cc2O)cc1. The molecule has 0 aliphatic heterocycles. The van der Waals surface area contributed by atoms with Gasteiger partial charge in [0.25, 0.3) is 5.91 Å². The van der Waals surface area contributed by atoms with Crippen LogP contribution in [0.4, 0.5) is 0 Å². The van der Waals surface area contributed by atoms with Crippen LogP contribution in [0.25, 0.3) is 0 Å². The van der Waals surface area contributed by atoms with E-state index in [1.807, 2.05) is 20.8 Å². The predicted molar refractivity (Wildman–Crippen MR) is 101 cm³/mol. The van der Waals surface area contributed by atoms with Gasteiger partial charge in [0.1, 0.15) is 17.2 Å². The van der Waals surface area contributed by atoms with Crippen LogP contribution in [0.15, 0.2) is 47.6 Å². The van der Waals surface area contributed by atoms with Gasteiger partial charge in [0.2, 0.25) is 0 Å². The molecule has 6 heteroatoms. The van der Waals surface area contributed by atoms with Gasteiger partial charge in [-0.15, -0.1) is 0 Å². The van der Waals surface area contributed by atoms with E-state index in [1.54, 1.807) is 36.4 Å². The summed E-state index contributed by atoms with van der Waals surface area (Å²) in [7, 11) is 0. The number of phenolic OH excluding ortho intramolecular Hbond substituents is 1. The molecule has 26 heavy (non-hydrogen) atoms. The summed E-state index contributed by atoms with van der Waals surface area (Å²) in [6.45, 7) is 6.48. The lowest BCUT2D eigenvalue weighted by molar-refractivity contribution is 0.0955. The molecule has 0 bridgehead atoms. The summed E-state index contributed by atoms with van der Waals surface area (Å²) in [5.41, 5.74) is 3.38. The van der Waals surface area contributed by atoms with Gasteiger partial charge in [0, 0.05) is 17.2 Å². The van der Waals surface area contributed by atoms with Gasteiger partial charge in [0.15, 0.2) is 0 Å². The van der Waals surface area contributed by atoms with Crippen molar-refractivity contribution in [3.63, 3.8) is 0 Å². The van der Waals surface area contributed by atoms with Gasteiger partial charge in [0.05, 0.1) is 18.9 Å². The zero-order chi connectivity index (χ0) is 18.9. The molecule has 0 saturated carbocycles. The first-order valence-corrected chi connectivity index (χ1v) is 8.55. The fraction of sp³-hybridized carbons (Fsp3) is 0.300. The van der Waals surface area contributed by atoms with Gasteiger partial charge in [-0.2, -0.15) is 5.10 Å². The standard InChI is InChI=1S/C20H24N2O4/c1-4-11-25-17-8-5-15(6-9-17)20(24)22-21-13-16-7-10-18(12-19(16)23)26-14(2)3/h5-10,12-14,23H,4,11H2,1-3H3,(H,22,24)/b21-13+. The van der Waals surface area contributed by atoms with Crippen LogP contribution >= 0.6 is 0 Å². The number of carbonyl (C=O) groups is 1. The van der Waals surface area contributed by atoms with Crippen molar-refractivity contribution in [3.05, 3.63) is 53.6 Å². The topological polar surface area (TPSA) is 80.2 Å². The van der Waals surface area contributed by atoms with E-state index in [0.717, 1.165) is 12.2 Å². The second-order valence-electron chi connectivity index (χ2n) is 5.96. The lowest BCUT2D eigenvalue weighted by atomic mass is 10.2. The lowest BCUT2D eigenvalue weighted by Crippen LogP contribution is -2.17. The van der Waals surface area contributed by atoms with E-state index in [-0.39, 0.29) is 17.8 Å². The van der Waals surface area contributed by atoms with Crippen LogP contribution in [-0.4, -0.2) is 29.9 Å². The maximum Gasteiger partial charge on any atom is 0.271 e. The summed E-state index contributed by atoms with van der Waals surface area (Å²) in [6, 6.07) is 11.7. The number of nitrogens with zero attached hydrogens (tertiary/aromatic N) is 1. The fourth-order valence-corrected chi connectivity index (χ4v) is 2.13. The molecule has 0 spiro atoms. The molecule has 0 fully saturated rings. The van der Waals surface area contributed by atoms with Gasteiger partial charge in [-0.25, -0.2) is 5.43 Å². The highest BCUT2D eigenvalue weighted by atomic mass is 16.5. The van der Waals surface area contributed by atoms with Gasteiger partial charge in [-0.1, -0.05) is 6.92 Å². The van der Waals surface area contributed by atoms with Crippen molar-refractivity contribution < 1.29 is 19.4 Å². The number of rotatable bonds is 8. The molecule has 0 aliphatic rings. The molecule has 0 unspecified atom stereocenters. The Bertz CT molecular complexity index is 755. The Kier molecular flexibility index (Phi) is 7.02. The van der Waals surface area contributed by atoms with Gasteiger partial charge >= 0.3 is 0 Å². The van der Waals surface area contributed by atoms with Crippen molar-refractivity contribution in [2.45, 2.75) is 33.3 Å². The highest BCUT2D eigenvalue weighted by Gasteiger charge is 2.06. The summed E-state index contributed by atoms with van der Waals surface area (Å²) < 4.78 is 11.0. The smallest absolute Gasteiger partial charge is 0.271 e. The fourth-order valence-electron chi connectivity index (χ4n) is 2.13. The Labute approximate surface area is 153 Å². The van der Waals surface area contributed by atoms with Crippen molar-refractivity contribution in [2.75, 3.05) is 6.61 Å². The van der Waals surface area contributed by atoms with Crippen molar-refractivity contribution in [1.82, 2.24) is 5.43 Å². The van der Waals surface area contributed by atoms with Crippen molar-refractivity contribution in [3.8, 4) is 17.2 Å². The average molecular weight is 356 g/mol. The highest BCUT2D eigenvalue weighted by molar-refractivity contribution is 5.95. The minimum absolute atomic E-state index is 0.0203. The number of amides is 1. The van der Waals surface area contributed by atoms with Crippen LogP contribution in [0.1, 0.15) is 43.1 Å². The molecule has 0 radical (unpaired) electrons. The molecular formula is C20H24N2O4. The van der Waals surface area contributed by atoms with Crippen LogP contribution in [0.2, 0.25) is 0 Å². The molecule has 0 saturated heterocycles. The van der Waals surface area contributed by atoms with Crippen LogP contribution in [-0.2, 0) is 0 Å². The van der Waals surface area contributed by atoms with Gasteiger partial charge < -0.3 is 14.6 Å². The quantitative estimate of drug-likeness (QED) is 0.558. The van der Waals surface area contributed by atoms with E-state index in [2.05, 4.69) is 10.5 Å². The summed E-state index contributed by atoms with van der Waals surface area (Å²) in [5, 5.41) is 13.9. The summed E-state index contributed by atoms with van der Waals surface area (Å²) in [4.78, 5) is 12.1. The molecule has 138 valence electrons. The number of hydrogen-bond acceptors (Lipinski definition) is 5. The van der Waals surface area contributed by atoms with E-state index < -0.39 is 0 Å². The monoisotopic (exact) mass is 356 g/mol. The van der Waals surface area contributed by atoms with E-state index in [9.17, 15) is 9.90 Å². The van der Waals surface area contributed by atoms with Crippen LogP contribution in [0.5, 0.6) is 17.2 Å². The van der Waals surface area contributed by atoms with Crippen molar-refractivity contribution >= 4 is 12.1 Å². The molecule has 2 aromatic rings. The zero-order valence-corrected chi connectivity index (χ0v) is 15.2. The molecule has 0 atom stereocenters. The van der Waals surface area contributed by atoms with Crippen LogP contribution in [0, 0.1) is 0 Å². The Balaban J connectivity index is 1.94. The number of benzene rings is 2. The first-order valence-electron chi connectivity index (χ1n) is 8.55. The molecule has 2 aromatic carbocycles. The second kappa shape index (κ2) is 9.46. The molecule has 1 amide bonds. The molecule has 0 heterocycles. The molecule has 0 aromatic heterocycles. The first-order chi connectivity index (χ1) is 12.5. The number of hydrogen-bond donors (Lipinski definition) is 2. The molecule has 0 aliphatic carbocycles. The second-order valence-corrected chi connectivity index (χ2v) is 5.96. The number of hydrazone groups is 1. The molecule has 2 rings (SSSR count). The Morgan fingerprint density at radius 1 is 1.19 bits per heavy atom. The highest BCUT2D eigenvalue weighted by Crippen LogP contribution is 2.23. The number of ether oxygens (including phenoxy) is 2. The minimum Gasteiger partial charge on any atom is -0.507 e. The average Bonchev–Trinajstić information content (AvgIpc) is 2.61. The normalized spacial score (nSPS) is 10.9. The van der Waals surface area contributed by atoms with Crippen molar-refractivity contribution in [1.29, 1.82) is 0 Å². The summed E-state index contributed by atoms with van der Waals surface area (Å²) in [6.07, 6.45) is 2.33. The molecule has 2 N–H and O–H groups in total. The number of aromatic hydroxyl groups is 1. The predicted octanol–water partition coefficient (Wildman–Crippen LogP) is 3.73. The maximum atomic E-state index is 12.1. The third-order valence-corrected chi connectivity index (χ3v) is 3.33. The van der Waals surface area contributed by atoms with E-state index >= 15 is 0 Å². The summed E-state index contributed by atoms with van der Waals surface area (Å²) >= 11 is 0. The number of carbonyl (C=O) groups excluding carboxylic acids is 1. The lowest BCUT2D eigenvalue weighted by Gasteiger charge is -2.10. The Hall–Kier alpha value is -3.02. The van der Waals surface area contributed by atoms with E-state index in [4.69, 9.17) is 9.47 Å². The minimum atomic E-state index is -0.345. The van der Waals surface area contributed by atoms with Gasteiger partial charge in [-0.05, 0) is 56.7 Å². The number of phenols is 1. The summed E-state index contributed by atoms with van der Waals surface area (Å²) in [5.74, 6) is 0.978. The third-order valence-electron chi connectivity index (χ3n) is 3.33. The van der Waals surface area contributed by atoms with Gasteiger partial charge in [-0.3, -0.25) is 4.79 Å². The molecule has 6 nitrogen and oxygen atoms in total. The first kappa shape index (κ1) is 19.3. The van der Waals surface area contributed by atoms with Crippen molar-refractivity contribution in [2.24, 2.45) is 5.10 Å². The van der Waals surface area contributed by atoms with Crippen LogP contribution < -0.4 is 14.9 Å². The Morgan fingerprint density at radius 2 is 1.88 bits per heavy atom. The maximum absolute atomic E-state index is 12.1. The van der Waals surface area contributed by atoms with E-state index in [1.165, 1.54) is 12.3 Å². The zero-order valence-electron chi connectivity index (χ0n) is 15.2. The van der Waals surface area contributed by atoms with Crippen LogP contribution in [0.3, 0.4) is 0 Å². The Morgan fingerprint density at radius 3 is 2.50 bits per heavy atom. The third kappa shape index (κ3) is 5.81. The number of nitrogens with one attached hydrogen (secondary N) is 1. The van der Waals surface area contributed by atoms with E-state index in [0.29, 0.717) is 23.5 Å². The largest absolute Gasteiger partial charge is 0.507 e. The molecular weight excluding hydrogens is 332 g/mol.